The molecule has 0 aliphatic carbocycles. The predicted molar refractivity (Wildman–Crippen MR) is 79.4 cm³/mol. The zero-order valence-corrected chi connectivity index (χ0v) is 12.4. The molecule has 0 unspecified atom stereocenters. The van der Waals surface area contributed by atoms with E-state index >= 15 is 0 Å². The van der Waals surface area contributed by atoms with Gasteiger partial charge in [0.15, 0.2) is 0 Å². The summed E-state index contributed by atoms with van der Waals surface area (Å²) < 4.78 is 45.2. The molecule has 21 heavy (non-hydrogen) atoms. The summed E-state index contributed by atoms with van der Waals surface area (Å²) in [7, 11) is -2.44. The molecule has 0 radical (unpaired) electrons. The number of anilines is 2. The molecular weight excluding hydrogens is 295 g/mol. The van der Waals surface area contributed by atoms with Crippen LogP contribution in [0.25, 0.3) is 0 Å². The molecule has 7 heteroatoms. The lowest BCUT2D eigenvalue weighted by Gasteiger charge is -2.13. The van der Waals surface area contributed by atoms with Crippen molar-refractivity contribution in [3.8, 4) is 5.75 Å². The maximum Gasteiger partial charge on any atom is 0.262 e. The third-order valence-corrected chi connectivity index (χ3v) is 4.24. The van der Waals surface area contributed by atoms with E-state index in [2.05, 4.69) is 4.72 Å². The van der Waals surface area contributed by atoms with Crippen LogP contribution in [0.15, 0.2) is 41.3 Å². The molecule has 0 aromatic heterocycles. The van der Waals surface area contributed by atoms with Crippen molar-refractivity contribution >= 4 is 21.4 Å². The first-order valence-electron chi connectivity index (χ1n) is 6.06. The second-order valence-corrected chi connectivity index (χ2v) is 6.17. The molecule has 0 aliphatic rings. The van der Waals surface area contributed by atoms with Gasteiger partial charge in [0.2, 0.25) is 0 Å². The third kappa shape index (κ3) is 3.25. The van der Waals surface area contributed by atoms with E-state index in [1.807, 2.05) is 6.92 Å². The fourth-order valence-corrected chi connectivity index (χ4v) is 2.89. The summed E-state index contributed by atoms with van der Waals surface area (Å²) in [6, 6.07) is 8.33. The summed E-state index contributed by atoms with van der Waals surface area (Å²) in [6.45, 7) is 1.83. The Bertz CT molecular complexity index is 776. The van der Waals surface area contributed by atoms with Crippen LogP contribution in [0.3, 0.4) is 0 Å². The normalized spacial score (nSPS) is 11.2. The number of hydrogen-bond acceptors (Lipinski definition) is 4. The smallest absolute Gasteiger partial charge is 0.262 e. The molecule has 3 N–H and O–H groups in total. The molecular formula is C14H15FN2O3S. The lowest BCUT2D eigenvalue weighted by molar-refractivity contribution is 0.417. The predicted octanol–water partition coefficient (Wildman–Crippen LogP) is 2.53. The Kier molecular flexibility index (Phi) is 4.04. The average Bonchev–Trinajstić information content (AvgIpc) is 2.41. The molecule has 0 fully saturated rings. The molecule has 2 rings (SSSR count). The molecule has 2 aromatic carbocycles. The van der Waals surface area contributed by atoms with Gasteiger partial charge in [-0.1, -0.05) is 6.07 Å². The van der Waals surface area contributed by atoms with Gasteiger partial charge in [0, 0.05) is 0 Å². The molecule has 0 aliphatic heterocycles. The molecule has 5 nitrogen and oxygen atoms in total. The van der Waals surface area contributed by atoms with Crippen molar-refractivity contribution in [2.24, 2.45) is 0 Å². The van der Waals surface area contributed by atoms with E-state index in [1.54, 1.807) is 18.2 Å². The Morgan fingerprint density at radius 2 is 1.90 bits per heavy atom. The van der Waals surface area contributed by atoms with Gasteiger partial charge < -0.3 is 10.5 Å². The summed E-state index contributed by atoms with van der Waals surface area (Å²) >= 11 is 0. The minimum atomic E-state index is -3.88. The van der Waals surface area contributed by atoms with Crippen molar-refractivity contribution < 1.29 is 17.5 Å². The van der Waals surface area contributed by atoms with Crippen molar-refractivity contribution in [2.45, 2.75) is 11.8 Å². The molecule has 0 heterocycles. The lowest BCUT2D eigenvalue weighted by atomic mass is 10.2. The van der Waals surface area contributed by atoms with Crippen LogP contribution in [0.4, 0.5) is 15.8 Å². The molecule has 0 spiro atoms. The summed E-state index contributed by atoms with van der Waals surface area (Å²) in [4.78, 5) is -0.120. The Hall–Kier alpha value is -2.28. The number of rotatable bonds is 4. The van der Waals surface area contributed by atoms with E-state index in [-0.39, 0.29) is 10.6 Å². The average molecular weight is 310 g/mol. The highest BCUT2D eigenvalue weighted by atomic mass is 32.2. The fraction of sp³-hybridized carbons (Fsp3) is 0.143. The summed E-state index contributed by atoms with van der Waals surface area (Å²) in [5, 5.41) is 0. The Labute approximate surface area is 122 Å². The fourth-order valence-electron chi connectivity index (χ4n) is 1.79. The first kappa shape index (κ1) is 15.1. The number of nitrogen functional groups attached to an aromatic ring is 1. The number of benzene rings is 2. The van der Waals surface area contributed by atoms with E-state index < -0.39 is 15.8 Å². The highest BCUT2D eigenvalue weighted by molar-refractivity contribution is 7.92. The minimum absolute atomic E-state index is 0.120. The van der Waals surface area contributed by atoms with Gasteiger partial charge in [-0.05, 0) is 42.8 Å². The van der Waals surface area contributed by atoms with Gasteiger partial charge in [-0.2, -0.15) is 0 Å². The highest BCUT2D eigenvalue weighted by Crippen LogP contribution is 2.28. The summed E-state index contributed by atoms with van der Waals surface area (Å²) in [5.41, 5.74) is 6.34. The van der Waals surface area contributed by atoms with E-state index in [0.717, 1.165) is 23.8 Å². The first-order valence-corrected chi connectivity index (χ1v) is 7.54. The zero-order chi connectivity index (χ0) is 15.6. The number of nitrogens with two attached hydrogens (primary N) is 1. The van der Waals surface area contributed by atoms with Gasteiger partial charge >= 0.3 is 0 Å². The van der Waals surface area contributed by atoms with Gasteiger partial charge in [-0.15, -0.1) is 0 Å². The number of ether oxygens (including phenoxy) is 1. The van der Waals surface area contributed by atoms with Crippen LogP contribution in [-0.2, 0) is 10.0 Å². The van der Waals surface area contributed by atoms with Crippen LogP contribution in [0.2, 0.25) is 0 Å². The molecule has 0 bridgehead atoms. The first-order chi connectivity index (χ1) is 9.83. The maximum absolute atomic E-state index is 13.1. The van der Waals surface area contributed by atoms with Crippen LogP contribution in [0, 0.1) is 12.7 Å². The Morgan fingerprint density at radius 3 is 2.52 bits per heavy atom. The molecule has 112 valence electrons. The number of methoxy groups -OCH3 is 1. The van der Waals surface area contributed by atoms with E-state index in [0.29, 0.717) is 11.4 Å². The molecule has 0 saturated heterocycles. The van der Waals surface area contributed by atoms with Crippen molar-refractivity contribution in [3.05, 3.63) is 47.8 Å². The van der Waals surface area contributed by atoms with E-state index in [1.165, 1.54) is 7.11 Å². The SMILES string of the molecule is COc1ccc(C)cc1NS(=O)(=O)c1ccc(F)c(N)c1. The van der Waals surface area contributed by atoms with Crippen molar-refractivity contribution in [1.82, 2.24) is 0 Å². The van der Waals surface area contributed by atoms with Crippen LogP contribution in [-0.4, -0.2) is 15.5 Å². The van der Waals surface area contributed by atoms with Crippen molar-refractivity contribution in [2.75, 3.05) is 17.6 Å². The molecule has 0 amide bonds. The van der Waals surface area contributed by atoms with Gasteiger partial charge in [-0.3, -0.25) is 4.72 Å². The van der Waals surface area contributed by atoms with Crippen LogP contribution < -0.4 is 15.2 Å². The molecule has 2 aromatic rings. The number of nitrogens with one attached hydrogen (secondary N) is 1. The van der Waals surface area contributed by atoms with Gasteiger partial charge in [0.1, 0.15) is 11.6 Å². The number of hydrogen-bond donors (Lipinski definition) is 2. The number of halogens is 1. The monoisotopic (exact) mass is 310 g/mol. The van der Waals surface area contributed by atoms with E-state index in [4.69, 9.17) is 10.5 Å². The van der Waals surface area contributed by atoms with E-state index in [9.17, 15) is 12.8 Å². The zero-order valence-electron chi connectivity index (χ0n) is 11.6. The summed E-state index contributed by atoms with van der Waals surface area (Å²) in [5.74, 6) is -0.277. The van der Waals surface area contributed by atoms with Crippen molar-refractivity contribution in [3.63, 3.8) is 0 Å². The maximum atomic E-state index is 13.1. The molecule has 0 saturated carbocycles. The largest absolute Gasteiger partial charge is 0.495 e. The number of sulfonamides is 1. The van der Waals surface area contributed by atoms with Crippen molar-refractivity contribution in [1.29, 1.82) is 0 Å². The third-order valence-electron chi connectivity index (χ3n) is 2.88. The van der Waals surface area contributed by atoms with Gasteiger partial charge in [0.05, 0.1) is 23.4 Å². The van der Waals surface area contributed by atoms with Gasteiger partial charge in [-0.25, -0.2) is 12.8 Å². The van der Waals surface area contributed by atoms with Gasteiger partial charge in [0.25, 0.3) is 10.0 Å². The standard InChI is InChI=1S/C14H15FN2O3S/c1-9-3-6-14(20-2)13(7-9)17-21(18,19)10-4-5-11(15)12(16)8-10/h3-8,17H,16H2,1-2H3. The quantitative estimate of drug-likeness (QED) is 0.850. The Morgan fingerprint density at radius 1 is 1.19 bits per heavy atom. The van der Waals surface area contributed by atoms with Crippen LogP contribution >= 0.6 is 0 Å². The second kappa shape index (κ2) is 5.61. The summed E-state index contributed by atoms with van der Waals surface area (Å²) in [6.07, 6.45) is 0. The number of aryl methyl sites for hydroxylation is 1. The lowest BCUT2D eigenvalue weighted by Crippen LogP contribution is -2.14. The molecule has 0 atom stereocenters. The Balaban J connectivity index is 2.41. The van der Waals surface area contributed by atoms with Crippen LogP contribution in [0.1, 0.15) is 5.56 Å². The minimum Gasteiger partial charge on any atom is -0.495 e. The second-order valence-electron chi connectivity index (χ2n) is 4.49. The van der Waals surface area contributed by atoms with Crippen LogP contribution in [0.5, 0.6) is 5.75 Å². The highest BCUT2D eigenvalue weighted by Gasteiger charge is 2.18. The topological polar surface area (TPSA) is 81.4 Å².